The summed E-state index contributed by atoms with van der Waals surface area (Å²) in [6.45, 7) is 2.50. The molecule has 3 heteroatoms. The first-order valence-corrected chi connectivity index (χ1v) is 3.84. The lowest BCUT2D eigenvalue weighted by molar-refractivity contribution is 0.226. The summed E-state index contributed by atoms with van der Waals surface area (Å²) < 4.78 is 24.1. The number of piperidine rings is 1. The molecule has 1 rings (SSSR count). The van der Waals surface area contributed by atoms with Crippen LogP contribution in [0.4, 0.5) is 8.78 Å². The minimum Gasteiger partial charge on any atom is -0.300 e. The van der Waals surface area contributed by atoms with Gasteiger partial charge in [-0.3, -0.25) is 4.90 Å². The van der Waals surface area contributed by atoms with Crippen LogP contribution in [0.25, 0.3) is 0 Å². The fourth-order valence-corrected chi connectivity index (χ4v) is 1.29. The molecule has 1 saturated heterocycles. The van der Waals surface area contributed by atoms with Crippen molar-refractivity contribution in [2.45, 2.75) is 25.8 Å². The fourth-order valence-electron chi connectivity index (χ4n) is 1.29. The third-order valence-electron chi connectivity index (χ3n) is 2.32. The Morgan fingerprint density at radius 3 is 2.64 bits per heavy atom. The number of rotatable bonds is 0. The number of likely N-dealkylation sites (tertiary alicyclic amines) is 1. The monoisotopic (exact) mass is 161 g/mol. The van der Waals surface area contributed by atoms with Gasteiger partial charge in [0, 0.05) is 18.2 Å². The zero-order valence-corrected chi connectivity index (χ0v) is 6.90. The molecule has 0 amide bonds. The molecule has 0 spiro atoms. The minimum absolute atomic E-state index is 0.311. The van der Waals surface area contributed by atoms with E-state index >= 15 is 0 Å². The highest BCUT2D eigenvalue weighted by Crippen LogP contribution is 2.23. The van der Waals surface area contributed by atoms with Gasteiger partial charge >= 0.3 is 0 Å². The van der Waals surface area contributed by atoms with Crippen LogP contribution >= 0.6 is 0 Å². The van der Waals surface area contributed by atoms with Crippen molar-refractivity contribution in [3.8, 4) is 0 Å². The lowest BCUT2D eigenvalue weighted by Crippen LogP contribution is -2.35. The van der Waals surface area contributed by atoms with Crippen LogP contribution in [0, 0.1) is 0 Å². The molecule has 1 aliphatic rings. The molecule has 0 aliphatic carbocycles. The topological polar surface area (TPSA) is 3.24 Å². The molecule has 1 fully saturated rings. The van der Waals surface area contributed by atoms with Gasteiger partial charge in [0.05, 0.1) is 0 Å². The maximum atomic E-state index is 12.1. The summed E-state index contributed by atoms with van der Waals surface area (Å²) in [7, 11) is 1.88. The van der Waals surface area contributed by atoms with Gasteiger partial charge in [-0.2, -0.15) is 8.78 Å². The summed E-state index contributed by atoms with van der Waals surface area (Å²) in [5.74, 6) is 0. The van der Waals surface area contributed by atoms with Gasteiger partial charge in [-0.1, -0.05) is 0 Å². The molecule has 1 unspecified atom stereocenters. The molecule has 64 valence electrons. The van der Waals surface area contributed by atoms with E-state index in [1.807, 2.05) is 11.9 Å². The second-order valence-electron chi connectivity index (χ2n) is 3.17. The predicted molar refractivity (Wildman–Crippen MR) is 40.6 cm³/mol. The van der Waals surface area contributed by atoms with Crippen LogP contribution in [0.15, 0.2) is 11.7 Å². The maximum absolute atomic E-state index is 12.1. The highest BCUT2D eigenvalue weighted by Gasteiger charge is 2.20. The summed E-state index contributed by atoms with van der Waals surface area (Å²) >= 11 is 0. The van der Waals surface area contributed by atoms with E-state index in [1.165, 1.54) is 0 Å². The van der Waals surface area contributed by atoms with E-state index in [4.69, 9.17) is 0 Å². The molecule has 0 saturated carbocycles. The van der Waals surface area contributed by atoms with Crippen molar-refractivity contribution in [1.82, 2.24) is 4.90 Å². The Bertz CT molecular complexity index is 173. The Morgan fingerprint density at radius 2 is 2.18 bits per heavy atom. The molecule has 1 atom stereocenters. The summed E-state index contributed by atoms with van der Waals surface area (Å²) in [4.78, 5) is 1.96. The molecule has 0 aromatic carbocycles. The highest BCUT2D eigenvalue weighted by molar-refractivity contribution is 5.08. The number of likely N-dealkylation sites (N-methyl/N-ethyl adjacent to an activating group) is 1. The van der Waals surface area contributed by atoms with Crippen LogP contribution in [0.3, 0.4) is 0 Å². The molecular weight excluding hydrogens is 148 g/mol. The van der Waals surface area contributed by atoms with Gasteiger partial charge in [0.2, 0.25) is 0 Å². The third kappa shape index (κ3) is 1.99. The maximum Gasteiger partial charge on any atom is 0.270 e. The zero-order chi connectivity index (χ0) is 8.43. The van der Waals surface area contributed by atoms with Gasteiger partial charge < -0.3 is 0 Å². The lowest BCUT2D eigenvalue weighted by Gasteiger charge is -2.30. The Labute approximate surface area is 65.7 Å². The summed E-state index contributed by atoms with van der Waals surface area (Å²) in [6, 6.07) is 0.443. The first-order valence-electron chi connectivity index (χ1n) is 3.84. The number of hydrogen-bond acceptors (Lipinski definition) is 1. The molecule has 0 bridgehead atoms. The normalized spacial score (nSPS) is 27.3. The number of hydrogen-bond donors (Lipinski definition) is 0. The molecule has 0 aromatic heterocycles. The first-order chi connectivity index (χ1) is 5.11. The van der Waals surface area contributed by atoms with E-state index in [-0.39, 0.29) is 0 Å². The van der Waals surface area contributed by atoms with Gasteiger partial charge in [-0.05, 0) is 26.8 Å². The van der Waals surface area contributed by atoms with Gasteiger partial charge in [-0.15, -0.1) is 0 Å². The third-order valence-corrected chi connectivity index (χ3v) is 2.32. The molecular formula is C8H13F2N. The summed E-state index contributed by atoms with van der Waals surface area (Å²) in [6.07, 6.45) is -0.0689. The van der Waals surface area contributed by atoms with Crippen molar-refractivity contribution in [2.75, 3.05) is 13.6 Å². The van der Waals surface area contributed by atoms with Gasteiger partial charge in [0.1, 0.15) is 0 Å². The highest BCUT2D eigenvalue weighted by atomic mass is 19.3. The smallest absolute Gasteiger partial charge is 0.270 e. The van der Waals surface area contributed by atoms with Crippen molar-refractivity contribution >= 4 is 0 Å². The van der Waals surface area contributed by atoms with Crippen LogP contribution in [-0.4, -0.2) is 24.5 Å². The van der Waals surface area contributed by atoms with Crippen molar-refractivity contribution in [1.29, 1.82) is 0 Å². The van der Waals surface area contributed by atoms with Crippen molar-refractivity contribution in [2.24, 2.45) is 0 Å². The molecule has 11 heavy (non-hydrogen) atoms. The van der Waals surface area contributed by atoms with E-state index in [0.29, 0.717) is 24.6 Å². The van der Waals surface area contributed by atoms with Crippen LogP contribution in [0.5, 0.6) is 0 Å². The van der Waals surface area contributed by atoms with E-state index in [9.17, 15) is 8.78 Å². The van der Waals surface area contributed by atoms with Gasteiger partial charge in [0.25, 0.3) is 6.08 Å². The Balaban J connectivity index is 2.60. The number of nitrogens with zero attached hydrogens (tertiary/aromatic N) is 1. The van der Waals surface area contributed by atoms with Gasteiger partial charge in [-0.25, -0.2) is 0 Å². The molecule has 0 radical (unpaired) electrons. The van der Waals surface area contributed by atoms with Crippen LogP contribution < -0.4 is 0 Å². The first kappa shape index (κ1) is 8.65. The second-order valence-corrected chi connectivity index (χ2v) is 3.17. The van der Waals surface area contributed by atoms with E-state index < -0.39 is 6.08 Å². The standard InChI is InChI=1S/C8H13F2N/c1-6-3-4-7(8(9)10)5-11(6)2/h6H,3-5H2,1-2H3. The molecule has 0 N–H and O–H groups in total. The molecule has 0 aromatic rings. The molecule has 1 heterocycles. The SMILES string of the molecule is CC1CCC(=C(F)F)CN1C. The van der Waals surface area contributed by atoms with E-state index in [1.54, 1.807) is 0 Å². The Hall–Kier alpha value is -0.440. The van der Waals surface area contributed by atoms with Crippen molar-refractivity contribution < 1.29 is 8.78 Å². The largest absolute Gasteiger partial charge is 0.300 e. The van der Waals surface area contributed by atoms with Gasteiger partial charge in [0.15, 0.2) is 0 Å². The second kappa shape index (κ2) is 3.30. The van der Waals surface area contributed by atoms with E-state index in [2.05, 4.69) is 6.92 Å². The average Bonchev–Trinajstić information content (AvgIpc) is 1.94. The van der Waals surface area contributed by atoms with Crippen molar-refractivity contribution in [3.63, 3.8) is 0 Å². The zero-order valence-electron chi connectivity index (χ0n) is 6.90. The summed E-state index contributed by atoms with van der Waals surface area (Å²) in [5, 5.41) is 0. The lowest BCUT2D eigenvalue weighted by atomic mass is 10.0. The summed E-state index contributed by atoms with van der Waals surface area (Å²) in [5.41, 5.74) is 0.311. The Morgan fingerprint density at radius 1 is 1.55 bits per heavy atom. The van der Waals surface area contributed by atoms with Crippen LogP contribution in [0.2, 0.25) is 0 Å². The fraction of sp³-hybridized carbons (Fsp3) is 0.750. The van der Waals surface area contributed by atoms with Crippen LogP contribution in [0.1, 0.15) is 19.8 Å². The average molecular weight is 161 g/mol. The molecule has 1 nitrogen and oxygen atoms in total. The predicted octanol–water partition coefficient (Wildman–Crippen LogP) is 2.25. The minimum atomic E-state index is -1.48. The van der Waals surface area contributed by atoms with Crippen LogP contribution in [-0.2, 0) is 0 Å². The van der Waals surface area contributed by atoms with Crippen molar-refractivity contribution in [3.05, 3.63) is 11.7 Å². The number of halogens is 2. The Kier molecular flexibility index (Phi) is 2.60. The molecule has 1 aliphatic heterocycles. The quantitative estimate of drug-likeness (QED) is 0.526. The van der Waals surface area contributed by atoms with E-state index in [0.717, 1.165) is 6.42 Å².